The van der Waals surface area contributed by atoms with Crippen LogP contribution in [0.25, 0.3) is 0 Å². The van der Waals surface area contributed by atoms with E-state index in [4.69, 9.17) is 5.11 Å². The Hall–Kier alpha value is -1.04. The fourth-order valence-corrected chi connectivity index (χ4v) is 2.14. The first-order valence-electron chi connectivity index (χ1n) is 6.29. The van der Waals surface area contributed by atoms with Gasteiger partial charge in [0.25, 0.3) is 6.43 Å². The summed E-state index contributed by atoms with van der Waals surface area (Å²) in [4.78, 5) is 1.48. The Morgan fingerprint density at radius 1 is 1.21 bits per heavy atom. The molecule has 0 bridgehead atoms. The first kappa shape index (κ1) is 16.0. The largest absolute Gasteiger partial charge is 0.395 e. The van der Waals surface area contributed by atoms with Gasteiger partial charge in [0.15, 0.2) is 0 Å². The molecule has 1 atom stereocenters. The van der Waals surface area contributed by atoms with Crippen LogP contribution in [0.3, 0.4) is 0 Å². The molecule has 5 heteroatoms. The normalized spacial score (nSPS) is 14.9. The molecule has 0 fully saturated rings. The lowest BCUT2D eigenvalue weighted by Crippen LogP contribution is -2.44. The van der Waals surface area contributed by atoms with Gasteiger partial charge in [-0.25, -0.2) is 8.78 Å². The highest BCUT2D eigenvalue weighted by Gasteiger charge is 2.29. The van der Waals surface area contributed by atoms with Crippen molar-refractivity contribution < 1.29 is 19.0 Å². The number of benzene rings is 1. The highest BCUT2D eigenvalue weighted by molar-refractivity contribution is 5.25. The van der Waals surface area contributed by atoms with E-state index in [1.807, 2.05) is 37.3 Å². The fourth-order valence-electron chi connectivity index (χ4n) is 2.14. The van der Waals surface area contributed by atoms with Crippen LogP contribution >= 0.6 is 0 Å². The highest BCUT2D eigenvalue weighted by Crippen LogP contribution is 2.24. The minimum atomic E-state index is -2.45. The maximum Gasteiger partial charge on any atom is 0.251 e. The maximum atomic E-state index is 12.5. The van der Waals surface area contributed by atoms with Crippen LogP contribution in [0, 0.1) is 0 Å². The first-order chi connectivity index (χ1) is 9.01. The van der Waals surface area contributed by atoms with Crippen molar-refractivity contribution in [1.82, 2.24) is 4.90 Å². The summed E-state index contributed by atoms with van der Waals surface area (Å²) in [7, 11) is 0. The van der Waals surface area contributed by atoms with Crippen LogP contribution in [0.1, 0.15) is 12.5 Å². The van der Waals surface area contributed by atoms with E-state index >= 15 is 0 Å². The van der Waals surface area contributed by atoms with Crippen LogP contribution in [0.15, 0.2) is 30.3 Å². The molecule has 2 N–H and O–H groups in total. The third-order valence-electron chi connectivity index (χ3n) is 3.20. The second kappa shape index (κ2) is 7.53. The highest BCUT2D eigenvalue weighted by atomic mass is 19.3. The smallest absolute Gasteiger partial charge is 0.251 e. The van der Waals surface area contributed by atoms with Gasteiger partial charge in [0, 0.05) is 18.5 Å². The van der Waals surface area contributed by atoms with Crippen LogP contribution < -0.4 is 0 Å². The molecular weight excluding hydrogens is 252 g/mol. The third kappa shape index (κ3) is 4.86. The molecule has 3 nitrogen and oxygen atoms in total. The number of alkyl halides is 2. The summed E-state index contributed by atoms with van der Waals surface area (Å²) in [6.07, 6.45) is -2.45. The topological polar surface area (TPSA) is 43.7 Å². The molecule has 0 aliphatic carbocycles. The predicted molar refractivity (Wildman–Crippen MR) is 70.4 cm³/mol. The summed E-state index contributed by atoms with van der Waals surface area (Å²) < 4.78 is 25.0. The molecule has 0 radical (unpaired) electrons. The number of aliphatic hydroxyl groups is 2. The van der Waals surface area contributed by atoms with E-state index in [1.165, 1.54) is 4.90 Å². The summed E-state index contributed by atoms with van der Waals surface area (Å²) in [5.41, 5.74) is 0.278. The monoisotopic (exact) mass is 273 g/mol. The lowest BCUT2D eigenvalue weighted by atomic mass is 9.82. The number of aliphatic hydroxyl groups excluding tert-OH is 2. The zero-order chi connectivity index (χ0) is 14.3. The van der Waals surface area contributed by atoms with Crippen LogP contribution in [0.4, 0.5) is 8.78 Å². The average Bonchev–Trinajstić information content (AvgIpc) is 2.39. The van der Waals surface area contributed by atoms with Crippen LogP contribution in [0.5, 0.6) is 0 Å². The second-order valence-corrected chi connectivity index (χ2v) is 4.93. The van der Waals surface area contributed by atoms with Gasteiger partial charge in [-0.3, -0.25) is 4.90 Å². The van der Waals surface area contributed by atoms with Gasteiger partial charge in [0.1, 0.15) is 0 Å². The van der Waals surface area contributed by atoms with Crippen molar-refractivity contribution in [2.45, 2.75) is 18.8 Å². The van der Waals surface area contributed by atoms with Crippen molar-refractivity contribution in [1.29, 1.82) is 0 Å². The summed E-state index contributed by atoms with van der Waals surface area (Å²) in [6.45, 7) is 1.57. The molecule has 1 aromatic rings. The molecule has 0 saturated heterocycles. The van der Waals surface area contributed by atoms with Crippen LogP contribution in [-0.4, -0.2) is 54.4 Å². The van der Waals surface area contributed by atoms with Crippen LogP contribution in [0.2, 0.25) is 0 Å². The number of hydrogen-bond donors (Lipinski definition) is 2. The molecule has 0 heterocycles. The fraction of sp³-hybridized carbons (Fsp3) is 0.571. The lowest BCUT2D eigenvalue weighted by molar-refractivity contribution is 0.0567. The number of nitrogens with zero attached hydrogens (tertiary/aromatic N) is 1. The minimum Gasteiger partial charge on any atom is -0.395 e. The molecule has 1 aromatic carbocycles. The maximum absolute atomic E-state index is 12.5. The second-order valence-electron chi connectivity index (χ2n) is 4.93. The Morgan fingerprint density at radius 2 is 1.84 bits per heavy atom. The SMILES string of the molecule is CC(CO)(CN(CCO)CC(F)F)c1ccccc1. The van der Waals surface area contributed by atoms with E-state index in [2.05, 4.69) is 0 Å². The molecule has 0 aliphatic rings. The van der Waals surface area contributed by atoms with Crippen molar-refractivity contribution in [3.05, 3.63) is 35.9 Å². The van der Waals surface area contributed by atoms with E-state index in [-0.39, 0.29) is 26.3 Å². The van der Waals surface area contributed by atoms with Crippen molar-refractivity contribution in [2.75, 3.05) is 32.8 Å². The Bertz CT molecular complexity index is 362. The predicted octanol–water partition coefficient (Wildman–Crippen LogP) is 1.50. The zero-order valence-corrected chi connectivity index (χ0v) is 11.1. The van der Waals surface area contributed by atoms with Crippen molar-refractivity contribution in [3.63, 3.8) is 0 Å². The van der Waals surface area contributed by atoms with E-state index < -0.39 is 18.4 Å². The standard InChI is InChI=1S/C14H21F2NO2/c1-14(11-19,12-5-3-2-4-6-12)10-17(7-8-18)9-13(15)16/h2-6,13,18-19H,7-11H2,1H3. The molecule has 1 rings (SSSR count). The van der Waals surface area contributed by atoms with Crippen molar-refractivity contribution in [2.24, 2.45) is 0 Å². The lowest BCUT2D eigenvalue weighted by Gasteiger charge is -2.34. The minimum absolute atomic E-state index is 0.137. The van der Waals surface area contributed by atoms with Gasteiger partial charge >= 0.3 is 0 Å². The Kier molecular flexibility index (Phi) is 6.34. The summed E-state index contributed by atoms with van der Waals surface area (Å²) in [6, 6.07) is 9.32. The first-order valence-corrected chi connectivity index (χ1v) is 6.29. The van der Waals surface area contributed by atoms with Crippen molar-refractivity contribution >= 4 is 0 Å². The summed E-state index contributed by atoms with van der Waals surface area (Å²) >= 11 is 0. The Labute approximate surface area is 112 Å². The molecule has 19 heavy (non-hydrogen) atoms. The zero-order valence-electron chi connectivity index (χ0n) is 11.1. The van der Waals surface area contributed by atoms with E-state index in [0.717, 1.165) is 5.56 Å². The van der Waals surface area contributed by atoms with Gasteiger partial charge < -0.3 is 10.2 Å². The van der Waals surface area contributed by atoms with Gasteiger partial charge in [-0.15, -0.1) is 0 Å². The van der Waals surface area contributed by atoms with Crippen LogP contribution in [-0.2, 0) is 5.41 Å². The Morgan fingerprint density at radius 3 is 2.32 bits per heavy atom. The molecule has 0 saturated carbocycles. The van der Waals surface area contributed by atoms with Gasteiger partial charge in [-0.2, -0.15) is 0 Å². The van der Waals surface area contributed by atoms with E-state index in [0.29, 0.717) is 0 Å². The molecule has 0 aliphatic heterocycles. The quantitative estimate of drug-likeness (QED) is 0.754. The van der Waals surface area contributed by atoms with Crippen molar-refractivity contribution in [3.8, 4) is 0 Å². The number of rotatable bonds is 8. The molecule has 1 unspecified atom stereocenters. The number of halogens is 2. The molecule has 108 valence electrons. The van der Waals surface area contributed by atoms with Gasteiger partial charge in [-0.05, 0) is 5.56 Å². The summed E-state index contributed by atoms with van der Waals surface area (Å²) in [5.74, 6) is 0. The number of hydrogen-bond acceptors (Lipinski definition) is 3. The molecule has 0 aromatic heterocycles. The van der Waals surface area contributed by atoms with E-state index in [9.17, 15) is 13.9 Å². The summed E-state index contributed by atoms with van der Waals surface area (Å²) in [5, 5.41) is 18.6. The van der Waals surface area contributed by atoms with Gasteiger partial charge in [0.2, 0.25) is 0 Å². The van der Waals surface area contributed by atoms with Gasteiger partial charge in [-0.1, -0.05) is 37.3 Å². The molecular formula is C14H21F2NO2. The molecule has 0 amide bonds. The average molecular weight is 273 g/mol. The third-order valence-corrected chi connectivity index (χ3v) is 3.20. The Balaban J connectivity index is 2.83. The van der Waals surface area contributed by atoms with E-state index in [1.54, 1.807) is 0 Å². The van der Waals surface area contributed by atoms with Gasteiger partial charge in [0.05, 0.1) is 19.8 Å². The molecule has 0 spiro atoms.